The van der Waals surface area contributed by atoms with Crippen LogP contribution in [-0.2, 0) is 28.6 Å². The van der Waals surface area contributed by atoms with Crippen LogP contribution in [0.3, 0.4) is 0 Å². The van der Waals surface area contributed by atoms with E-state index in [2.05, 4.69) is 29.8 Å². The first kappa shape index (κ1) is 33.6. The molecule has 1 saturated carbocycles. The fourth-order valence-electron chi connectivity index (χ4n) is 9.81. The Hall–Kier alpha value is -2.31. The van der Waals surface area contributed by atoms with Gasteiger partial charge >= 0.3 is 11.9 Å². The number of aliphatic hydroxyl groups is 1. The molecule has 2 aliphatic carbocycles. The number of fused-ring (bicyclic) bond motifs is 2. The average Bonchev–Trinajstić information content (AvgIpc) is 3.38. The van der Waals surface area contributed by atoms with Crippen LogP contribution >= 0.6 is 0 Å². The molecule has 4 saturated heterocycles. The third kappa shape index (κ3) is 6.30. The zero-order valence-electron chi connectivity index (χ0n) is 27.9. The van der Waals surface area contributed by atoms with Crippen LogP contribution in [0.1, 0.15) is 71.6 Å². The van der Waals surface area contributed by atoms with E-state index in [1.165, 1.54) is 0 Å². The van der Waals surface area contributed by atoms with Crippen LogP contribution in [0, 0.1) is 35.5 Å². The van der Waals surface area contributed by atoms with Gasteiger partial charge in [-0.25, -0.2) is 4.79 Å². The number of amides is 1. The van der Waals surface area contributed by atoms with Gasteiger partial charge in [-0.15, -0.1) is 0 Å². The zero-order chi connectivity index (χ0) is 32.6. The second-order valence-corrected chi connectivity index (χ2v) is 15.2. The quantitative estimate of drug-likeness (QED) is 0.155. The van der Waals surface area contributed by atoms with Gasteiger partial charge in [-0.05, 0) is 50.9 Å². The van der Waals surface area contributed by atoms with Gasteiger partial charge in [-0.2, -0.15) is 0 Å². The SMILES string of the molecule is CC=C(CCO)C(=O)O[C@@]1(C)CC=C[C@@H](C2CC(N)[NH2+]CC2CC(=O)N2CC(C[NH2+]C)C2)[C@@]12CC1CC3CCC(=O)OC3CC1O2. The van der Waals surface area contributed by atoms with Gasteiger partial charge in [0, 0.05) is 81.5 Å². The minimum atomic E-state index is -0.979. The van der Waals surface area contributed by atoms with Crippen LogP contribution in [0.5, 0.6) is 0 Å². The smallest absolute Gasteiger partial charge is 0.334 e. The predicted octanol–water partition coefficient (Wildman–Crippen LogP) is -0.0214. The van der Waals surface area contributed by atoms with Crippen LogP contribution in [0.4, 0.5) is 0 Å². The molecule has 1 spiro atoms. The molecule has 11 nitrogen and oxygen atoms in total. The number of quaternary nitrogens is 2. The second kappa shape index (κ2) is 13.7. The van der Waals surface area contributed by atoms with Crippen LogP contribution < -0.4 is 16.4 Å². The molecule has 0 aromatic rings. The molecule has 5 fully saturated rings. The summed E-state index contributed by atoms with van der Waals surface area (Å²) in [7, 11) is 2.07. The number of allylic oxidation sites excluding steroid dienone is 1. The van der Waals surface area contributed by atoms with Crippen molar-refractivity contribution in [3.63, 3.8) is 0 Å². The number of ether oxygens (including phenoxy) is 3. The molecule has 6 rings (SSSR count). The summed E-state index contributed by atoms with van der Waals surface area (Å²) >= 11 is 0. The fraction of sp³-hybridized carbons (Fsp3) is 0.800. The van der Waals surface area contributed by atoms with Gasteiger partial charge in [-0.1, -0.05) is 18.2 Å². The lowest BCUT2D eigenvalue weighted by Gasteiger charge is -2.54. The number of aliphatic hydroxyl groups excluding tert-OH is 1. The third-order valence-corrected chi connectivity index (χ3v) is 12.3. The first-order valence-corrected chi connectivity index (χ1v) is 17.8. The molecule has 10 atom stereocenters. The highest BCUT2D eigenvalue weighted by Gasteiger charge is 2.66. The van der Waals surface area contributed by atoms with Crippen molar-refractivity contribution in [1.82, 2.24) is 4.90 Å². The molecule has 0 radical (unpaired) electrons. The highest BCUT2D eigenvalue weighted by atomic mass is 16.6. The normalized spacial score (nSPS) is 41.0. The van der Waals surface area contributed by atoms with Crippen LogP contribution in [0.2, 0.25) is 0 Å². The minimum absolute atomic E-state index is 0.0680. The Balaban J connectivity index is 1.31. The molecule has 4 aliphatic heterocycles. The van der Waals surface area contributed by atoms with Crippen molar-refractivity contribution in [2.75, 3.05) is 39.8 Å². The van der Waals surface area contributed by atoms with E-state index in [0.29, 0.717) is 43.1 Å². The van der Waals surface area contributed by atoms with E-state index in [-0.39, 0.29) is 66.9 Å². The monoisotopic (exact) mass is 644 g/mol. The molecule has 1 amide bonds. The van der Waals surface area contributed by atoms with Crippen molar-refractivity contribution in [3.05, 3.63) is 23.8 Å². The van der Waals surface area contributed by atoms with Crippen molar-refractivity contribution in [1.29, 1.82) is 0 Å². The lowest BCUT2D eigenvalue weighted by Crippen LogP contribution is -2.96. The van der Waals surface area contributed by atoms with Crippen molar-refractivity contribution < 1.29 is 44.3 Å². The highest BCUT2D eigenvalue weighted by molar-refractivity contribution is 5.88. The topological polar surface area (TPSA) is 162 Å². The maximum atomic E-state index is 13.6. The summed E-state index contributed by atoms with van der Waals surface area (Å²) in [4.78, 5) is 41.4. The number of hydrogen-bond acceptors (Lipinski definition) is 8. The van der Waals surface area contributed by atoms with E-state index >= 15 is 0 Å². The second-order valence-electron chi connectivity index (χ2n) is 15.2. The maximum absolute atomic E-state index is 13.6. The molecule has 0 aromatic heterocycles. The highest BCUT2D eigenvalue weighted by Crippen LogP contribution is 2.59. The number of nitrogens with zero attached hydrogens (tertiary/aromatic N) is 1. The Morgan fingerprint density at radius 3 is 2.78 bits per heavy atom. The van der Waals surface area contributed by atoms with Crippen LogP contribution in [-0.4, -0.2) is 97.3 Å². The molecule has 6 aliphatic rings. The van der Waals surface area contributed by atoms with E-state index < -0.39 is 17.2 Å². The lowest BCUT2D eigenvalue weighted by atomic mass is 9.58. The Bertz CT molecular complexity index is 1220. The van der Waals surface area contributed by atoms with Crippen molar-refractivity contribution in [2.24, 2.45) is 41.2 Å². The molecule has 11 heteroatoms. The first-order valence-electron chi connectivity index (χ1n) is 17.8. The number of carbonyl (C=O) groups is 3. The molecular formula is C35H56N4O7+2. The van der Waals surface area contributed by atoms with Gasteiger partial charge in [0.25, 0.3) is 0 Å². The molecule has 46 heavy (non-hydrogen) atoms. The number of nitrogens with two attached hydrogens (primary N) is 3. The Kier molecular flexibility index (Phi) is 9.98. The van der Waals surface area contributed by atoms with E-state index in [1.807, 2.05) is 11.8 Å². The van der Waals surface area contributed by atoms with Gasteiger partial charge in [0.2, 0.25) is 5.91 Å². The predicted molar refractivity (Wildman–Crippen MR) is 169 cm³/mol. The van der Waals surface area contributed by atoms with E-state index in [4.69, 9.17) is 19.9 Å². The largest absolute Gasteiger partial charge is 0.462 e. The van der Waals surface area contributed by atoms with Crippen molar-refractivity contribution in [2.45, 2.75) is 101 Å². The number of rotatable bonds is 9. The summed E-state index contributed by atoms with van der Waals surface area (Å²) in [6.07, 6.45) is 11.3. The summed E-state index contributed by atoms with van der Waals surface area (Å²) in [6.45, 7) is 7.12. The summed E-state index contributed by atoms with van der Waals surface area (Å²) in [5.41, 5.74) is 5.27. The summed E-state index contributed by atoms with van der Waals surface area (Å²) in [5.74, 6) is 0.835. The minimum Gasteiger partial charge on any atom is -0.462 e. The number of piperidine rings is 1. The first-order chi connectivity index (χ1) is 22.1. The fourth-order valence-corrected chi connectivity index (χ4v) is 9.81. The summed E-state index contributed by atoms with van der Waals surface area (Å²) in [6, 6.07) is 0. The standard InChI is InChI=1S/C35H54N4O7/c1-4-22(9-11-40)33(43)46-34(2)10-5-6-27(35(34)16-24-12-23-7-8-32(42)44-28(23)15-29(24)45-35)26-14-30(36)38-18-25(26)13-31(41)39-19-21(20-39)17-37-3/h4-6,21,23-30,37-38,40H,7-20,36H2,1-3H3/p+2/t23?,24?,25?,26?,27-,28?,29?,30?,34-,35-/m0/s1. The number of carbonyl (C=O) groups excluding carboxylic acids is 3. The Labute approximate surface area is 273 Å². The van der Waals surface area contributed by atoms with Crippen LogP contribution in [0.25, 0.3) is 0 Å². The van der Waals surface area contributed by atoms with E-state index in [0.717, 1.165) is 51.9 Å². The Morgan fingerprint density at radius 1 is 1.24 bits per heavy atom. The molecule has 7 N–H and O–H groups in total. The van der Waals surface area contributed by atoms with Gasteiger partial charge < -0.3 is 34.9 Å². The van der Waals surface area contributed by atoms with Gasteiger partial charge in [0.05, 0.1) is 26.2 Å². The van der Waals surface area contributed by atoms with Crippen LogP contribution in [0.15, 0.2) is 23.8 Å². The summed E-state index contributed by atoms with van der Waals surface area (Å²) in [5, 5.41) is 14.0. The molecular weight excluding hydrogens is 588 g/mol. The van der Waals surface area contributed by atoms with Crippen molar-refractivity contribution >= 4 is 17.8 Å². The zero-order valence-corrected chi connectivity index (χ0v) is 27.9. The van der Waals surface area contributed by atoms with Gasteiger partial charge in [0.1, 0.15) is 23.5 Å². The maximum Gasteiger partial charge on any atom is 0.334 e. The third-order valence-electron chi connectivity index (χ3n) is 12.3. The van der Waals surface area contributed by atoms with E-state index in [1.54, 1.807) is 13.0 Å². The van der Waals surface area contributed by atoms with Gasteiger partial charge in [-0.3, -0.25) is 15.3 Å². The number of hydrogen-bond donors (Lipinski definition) is 4. The molecule has 7 unspecified atom stereocenters. The lowest BCUT2D eigenvalue weighted by molar-refractivity contribution is -0.706. The molecule has 0 bridgehead atoms. The Morgan fingerprint density at radius 2 is 2.04 bits per heavy atom. The number of likely N-dealkylation sites (tertiary alicyclic amines) is 1. The van der Waals surface area contributed by atoms with Gasteiger partial charge in [0.15, 0.2) is 0 Å². The molecule has 4 heterocycles. The van der Waals surface area contributed by atoms with E-state index in [9.17, 15) is 19.5 Å². The summed E-state index contributed by atoms with van der Waals surface area (Å²) < 4.78 is 19.7. The number of esters is 2. The van der Waals surface area contributed by atoms with Crippen molar-refractivity contribution in [3.8, 4) is 0 Å². The molecule has 256 valence electrons. The molecule has 0 aromatic carbocycles. The average molecular weight is 645 g/mol.